The summed E-state index contributed by atoms with van der Waals surface area (Å²) in [5.41, 5.74) is 3.34. The number of carbonyl (C=O) groups is 1. The lowest BCUT2D eigenvalue weighted by Gasteiger charge is -2.20. The predicted octanol–water partition coefficient (Wildman–Crippen LogP) is 3.75. The summed E-state index contributed by atoms with van der Waals surface area (Å²) in [6.07, 6.45) is 0. The summed E-state index contributed by atoms with van der Waals surface area (Å²) in [5.74, 6) is 0.383. The number of para-hydroxylation sites is 2. The molecule has 0 bridgehead atoms. The van der Waals surface area contributed by atoms with Crippen LogP contribution in [0, 0.1) is 5.92 Å². The molecule has 0 aliphatic carbocycles. The number of carboxylic acid groups (broad SMARTS) is 1. The summed E-state index contributed by atoms with van der Waals surface area (Å²) >= 11 is 0. The highest BCUT2D eigenvalue weighted by Gasteiger charge is 2.19. The normalized spacial score (nSPS) is 12.6. The number of aromatic nitrogens is 2. The van der Waals surface area contributed by atoms with E-state index in [1.165, 1.54) is 0 Å². The van der Waals surface area contributed by atoms with Crippen LogP contribution in [0.3, 0.4) is 0 Å². The van der Waals surface area contributed by atoms with Gasteiger partial charge < -0.3 is 15.4 Å². The van der Waals surface area contributed by atoms with Crippen LogP contribution < -0.4 is 5.32 Å². The van der Waals surface area contributed by atoms with Crippen LogP contribution in [0.1, 0.15) is 41.6 Å². The number of nitrogens with one attached hydrogen (secondary N) is 2. The summed E-state index contributed by atoms with van der Waals surface area (Å²) in [7, 11) is 0. The van der Waals surface area contributed by atoms with E-state index in [2.05, 4.69) is 29.1 Å². The van der Waals surface area contributed by atoms with Gasteiger partial charge in [0.2, 0.25) is 0 Å². The van der Waals surface area contributed by atoms with Crippen molar-refractivity contribution in [1.82, 2.24) is 15.3 Å². The van der Waals surface area contributed by atoms with Gasteiger partial charge in [0, 0.05) is 6.54 Å². The molecule has 0 saturated heterocycles. The average Bonchev–Trinajstić information content (AvgIpc) is 2.98. The van der Waals surface area contributed by atoms with Gasteiger partial charge in [-0.05, 0) is 35.7 Å². The Balaban J connectivity index is 1.75. The Labute approximate surface area is 140 Å². The molecule has 124 valence electrons. The summed E-state index contributed by atoms with van der Waals surface area (Å²) in [6.45, 7) is 4.95. The number of fused-ring (bicyclic) bond motifs is 1. The highest BCUT2D eigenvalue weighted by Crippen LogP contribution is 2.22. The second kappa shape index (κ2) is 6.84. The Kier molecular flexibility index (Phi) is 4.62. The lowest BCUT2D eigenvalue weighted by atomic mass is 10.0. The zero-order valence-corrected chi connectivity index (χ0v) is 13.8. The molecule has 1 unspecified atom stereocenters. The summed E-state index contributed by atoms with van der Waals surface area (Å²) in [4.78, 5) is 19.0. The van der Waals surface area contributed by atoms with Crippen molar-refractivity contribution in [3.05, 3.63) is 65.5 Å². The van der Waals surface area contributed by atoms with E-state index in [0.717, 1.165) is 22.4 Å². The Hall–Kier alpha value is -2.66. The first-order valence-corrected chi connectivity index (χ1v) is 8.05. The van der Waals surface area contributed by atoms with Gasteiger partial charge in [-0.15, -0.1) is 0 Å². The molecule has 5 nitrogen and oxygen atoms in total. The number of aromatic carboxylic acids is 1. The Morgan fingerprint density at radius 2 is 1.88 bits per heavy atom. The standard InChI is InChI=1S/C19H21N3O2/c1-12(2)17(18-21-15-5-3-4-6-16(15)22-18)20-11-13-7-9-14(10-8-13)19(23)24/h3-10,12,17,20H,11H2,1-2H3,(H,21,22)(H,23,24). The van der Waals surface area contributed by atoms with Crippen LogP contribution in [0.15, 0.2) is 48.5 Å². The van der Waals surface area contributed by atoms with E-state index in [4.69, 9.17) is 5.11 Å². The van der Waals surface area contributed by atoms with Crippen LogP contribution in [0.5, 0.6) is 0 Å². The largest absolute Gasteiger partial charge is 0.478 e. The fraction of sp³-hybridized carbons (Fsp3) is 0.263. The fourth-order valence-corrected chi connectivity index (χ4v) is 2.76. The molecule has 2 aromatic carbocycles. The van der Waals surface area contributed by atoms with Gasteiger partial charge >= 0.3 is 5.97 Å². The number of hydrogen-bond acceptors (Lipinski definition) is 3. The van der Waals surface area contributed by atoms with Gasteiger partial charge in [0.15, 0.2) is 0 Å². The van der Waals surface area contributed by atoms with E-state index in [-0.39, 0.29) is 6.04 Å². The van der Waals surface area contributed by atoms with Crippen LogP contribution >= 0.6 is 0 Å². The van der Waals surface area contributed by atoms with E-state index in [1.54, 1.807) is 12.1 Å². The van der Waals surface area contributed by atoms with Gasteiger partial charge in [0.05, 0.1) is 22.6 Å². The summed E-state index contributed by atoms with van der Waals surface area (Å²) in [5, 5.41) is 12.5. The number of H-pyrrole nitrogens is 1. The number of benzene rings is 2. The average molecular weight is 323 g/mol. The number of hydrogen-bond donors (Lipinski definition) is 3. The number of nitrogens with zero attached hydrogens (tertiary/aromatic N) is 1. The van der Waals surface area contributed by atoms with E-state index < -0.39 is 5.97 Å². The number of carboxylic acids is 1. The second-order valence-electron chi connectivity index (χ2n) is 6.24. The molecule has 1 heterocycles. The molecule has 0 aliphatic rings. The van der Waals surface area contributed by atoms with Gasteiger partial charge in [-0.25, -0.2) is 9.78 Å². The molecule has 0 amide bonds. The molecule has 0 aliphatic heterocycles. The van der Waals surface area contributed by atoms with E-state index in [1.807, 2.05) is 36.4 Å². The maximum absolute atomic E-state index is 10.9. The fourth-order valence-electron chi connectivity index (χ4n) is 2.76. The Morgan fingerprint density at radius 3 is 2.50 bits per heavy atom. The molecule has 0 fully saturated rings. The highest BCUT2D eigenvalue weighted by atomic mass is 16.4. The van der Waals surface area contributed by atoms with Gasteiger partial charge in [-0.1, -0.05) is 38.1 Å². The first-order chi connectivity index (χ1) is 11.5. The quantitative estimate of drug-likeness (QED) is 0.645. The first-order valence-electron chi connectivity index (χ1n) is 8.05. The smallest absolute Gasteiger partial charge is 0.335 e. The van der Waals surface area contributed by atoms with Crippen molar-refractivity contribution in [2.75, 3.05) is 0 Å². The summed E-state index contributed by atoms with van der Waals surface area (Å²) < 4.78 is 0. The minimum Gasteiger partial charge on any atom is -0.478 e. The van der Waals surface area contributed by atoms with Crippen molar-refractivity contribution < 1.29 is 9.90 Å². The molecule has 0 spiro atoms. The van der Waals surface area contributed by atoms with Gasteiger partial charge in [-0.3, -0.25) is 0 Å². The van der Waals surface area contributed by atoms with E-state index >= 15 is 0 Å². The zero-order chi connectivity index (χ0) is 17.1. The zero-order valence-electron chi connectivity index (χ0n) is 13.8. The monoisotopic (exact) mass is 323 g/mol. The molecule has 3 N–H and O–H groups in total. The molecular formula is C19H21N3O2. The van der Waals surface area contributed by atoms with Crippen molar-refractivity contribution in [1.29, 1.82) is 0 Å². The number of aromatic amines is 1. The van der Waals surface area contributed by atoms with Crippen LogP contribution in [-0.4, -0.2) is 21.0 Å². The van der Waals surface area contributed by atoms with Crippen molar-refractivity contribution >= 4 is 17.0 Å². The molecule has 24 heavy (non-hydrogen) atoms. The molecule has 1 atom stereocenters. The SMILES string of the molecule is CC(C)C(NCc1ccc(C(=O)O)cc1)c1nc2ccccc2[nH]1. The van der Waals surface area contributed by atoms with Crippen LogP contribution in [0.25, 0.3) is 11.0 Å². The molecular weight excluding hydrogens is 302 g/mol. The number of imidazole rings is 1. The molecule has 5 heteroatoms. The maximum Gasteiger partial charge on any atom is 0.335 e. The van der Waals surface area contributed by atoms with Crippen molar-refractivity contribution in [3.63, 3.8) is 0 Å². The first kappa shape index (κ1) is 16.2. The lowest BCUT2D eigenvalue weighted by molar-refractivity contribution is 0.0697. The minimum atomic E-state index is -0.906. The second-order valence-corrected chi connectivity index (χ2v) is 6.24. The van der Waals surface area contributed by atoms with Crippen molar-refractivity contribution in [2.45, 2.75) is 26.4 Å². The van der Waals surface area contributed by atoms with Crippen molar-refractivity contribution in [3.8, 4) is 0 Å². The van der Waals surface area contributed by atoms with E-state index in [9.17, 15) is 4.79 Å². The van der Waals surface area contributed by atoms with Gasteiger partial charge in [0.1, 0.15) is 5.82 Å². The minimum absolute atomic E-state index is 0.0940. The topological polar surface area (TPSA) is 78.0 Å². The predicted molar refractivity (Wildman–Crippen MR) is 93.9 cm³/mol. The number of rotatable bonds is 6. The van der Waals surface area contributed by atoms with Crippen LogP contribution in [0.2, 0.25) is 0 Å². The molecule has 3 aromatic rings. The highest BCUT2D eigenvalue weighted by molar-refractivity contribution is 5.87. The van der Waals surface area contributed by atoms with Gasteiger partial charge in [0.25, 0.3) is 0 Å². The molecule has 0 radical (unpaired) electrons. The molecule has 3 rings (SSSR count). The lowest BCUT2D eigenvalue weighted by Crippen LogP contribution is -2.26. The van der Waals surface area contributed by atoms with Gasteiger partial charge in [-0.2, -0.15) is 0 Å². The Morgan fingerprint density at radius 1 is 1.17 bits per heavy atom. The summed E-state index contributed by atoms with van der Waals surface area (Å²) in [6, 6.07) is 15.0. The maximum atomic E-state index is 10.9. The van der Waals surface area contributed by atoms with E-state index in [0.29, 0.717) is 18.0 Å². The Bertz CT molecular complexity index is 804. The third-order valence-corrected chi connectivity index (χ3v) is 4.10. The molecule has 1 aromatic heterocycles. The van der Waals surface area contributed by atoms with Crippen molar-refractivity contribution in [2.24, 2.45) is 5.92 Å². The van der Waals surface area contributed by atoms with Crippen LogP contribution in [0.4, 0.5) is 0 Å². The third kappa shape index (κ3) is 3.46. The molecule has 0 saturated carbocycles. The van der Waals surface area contributed by atoms with Crippen LogP contribution in [-0.2, 0) is 6.54 Å². The third-order valence-electron chi connectivity index (χ3n) is 4.10.